The number of aliphatic hydroxyl groups is 1. The van der Waals surface area contributed by atoms with E-state index in [9.17, 15) is 5.11 Å². The van der Waals surface area contributed by atoms with Crippen LogP contribution in [0.3, 0.4) is 0 Å². The summed E-state index contributed by atoms with van der Waals surface area (Å²) in [5, 5.41) is 10.3. The minimum absolute atomic E-state index is 0.1000. The van der Waals surface area contributed by atoms with Gasteiger partial charge in [0, 0.05) is 13.1 Å². The Hall–Kier alpha value is -0.860. The Labute approximate surface area is 116 Å². The van der Waals surface area contributed by atoms with Crippen molar-refractivity contribution >= 4 is 0 Å². The highest BCUT2D eigenvalue weighted by molar-refractivity contribution is 5.21. The highest BCUT2D eigenvalue weighted by Gasteiger charge is 2.29. The molecule has 104 valence electrons. The van der Waals surface area contributed by atoms with Gasteiger partial charge in [-0.2, -0.15) is 0 Å². The van der Waals surface area contributed by atoms with Gasteiger partial charge in [-0.1, -0.05) is 43.2 Å². The number of hydrogen-bond donors (Lipinski definition) is 1. The maximum atomic E-state index is 10.3. The second-order valence-electron chi connectivity index (χ2n) is 6.27. The molecule has 0 aromatic heterocycles. The number of aliphatic hydroxyl groups excluding tert-OH is 1. The zero-order valence-corrected chi connectivity index (χ0v) is 11.7. The highest BCUT2D eigenvalue weighted by atomic mass is 16.3. The average molecular weight is 259 g/mol. The van der Waals surface area contributed by atoms with E-state index in [0.717, 1.165) is 19.6 Å². The van der Waals surface area contributed by atoms with Gasteiger partial charge < -0.3 is 10.0 Å². The Kier molecular flexibility index (Phi) is 4.19. The first kappa shape index (κ1) is 13.1. The third kappa shape index (κ3) is 3.18. The smallest absolute Gasteiger partial charge is 0.0695 e. The molecule has 2 heteroatoms. The van der Waals surface area contributed by atoms with Gasteiger partial charge in [0.15, 0.2) is 0 Å². The predicted octanol–water partition coefficient (Wildman–Crippen LogP) is 3.03. The van der Waals surface area contributed by atoms with Crippen LogP contribution in [0.25, 0.3) is 0 Å². The van der Waals surface area contributed by atoms with E-state index in [1.165, 1.54) is 37.7 Å². The molecule has 0 amide bonds. The van der Waals surface area contributed by atoms with E-state index in [-0.39, 0.29) is 6.10 Å². The quantitative estimate of drug-likeness (QED) is 0.898. The second-order valence-corrected chi connectivity index (χ2v) is 6.27. The first-order valence-electron chi connectivity index (χ1n) is 7.78. The van der Waals surface area contributed by atoms with Crippen LogP contribution in [-0.2, 0) is 0 Å². The van der Waals surface area contributed by atoms with E-state index in [1.807, 2.05) is 0 Å². The standard InChI is InChI=1S/C17H25NO/c19-17(15-8-4-5-9-15)13-18-11-10-16(12-18)14-6-2-1-3-7-14/h1-3,6-7,15-17,19H,4-5,8-13H2. The largest absolute Gasteiger partial charge is 0.392 e. The molecular weight excluding hydrogens is 234 g/mol. The van der Waals surface area contributed by atoms with Gasteiger partial charge in [-0.05, 0) is 43.2 Å². The van der Waals surface area contributed by atoms with Crippen molar-refractivity contribution in [3.05, 3.63) is 35.9 Å². The van der Waals surface area contributed by atoms with Crippen molar-refractivity contribution in [2.75, 3.05) is 19.6 Å². The third-order valence-electron chi connectivity index (χ3n) is 4.93. The molecule has 2 nitrogen and oxygen atoms in total. The summed E-state index contributed by atoms with van der Waals surface area (Å²) in [6.07, 6.45) is 6.23. The first-order valence-corrected chi connectivity index (χ1v) is 7.78. The van der Waals surface area contributed by atoms with Crippen molar-refractivity contribution in [3.63, 3.8) is 0 Å². The monoisotopic (exact) mass is 259 g/mol. The van der Waals surface area contributed by atoms with Crippen molar-refractivity contribution in [1.29, 1.82) is 0 Å². The van der Waals surface area contributed by atoms with Crippen molar-refractivity contribution in [2.45, 2.75) is 44.1 Å². The van der Waals surface area contributed by atoms with Crippen LogP contribution in [0, 0.1) is 5.92 Å². The molecular formula is C17H25NO. The fourth-order valence-corrected chi connectivity index (χ4v) is 3.75. The first-order chi connectivity index (χ1) is 9.33. The lowest BCUT2D eigenvalue weighted by molar-refractivity contribution is 0.0736. The molecule has 1 saturated carbocycles. The second kappa shape index (κ2) is 6.06. The lowest BCUT2D eigenvalue weighted by Crippen LogP contribution is -2.34. The van der Waals surface area contributed by atoms with E-state index in [4.69, 9.17) is 0 Å². The number of benzene rings is 1. The Bertz CT molecular complexity index is 386. The molecule has 1 saturated heterocycles. The normalized spacial score (nSPS) is 26.9. The molecule has 1 aromatic carbocycles. The van der Waals surface area contributed by atoms with Gasteiger partial charge >= 0.3 is 0 Å². The summed E-state index contributed by atoms with van der Waals surface area (Å²) in [6, 6.07) is 10.8. The third-order valence-corrected chi connectivity index (χ3v) is 4.93. The van der Waals surface area contributed by atoms with E-state index < -0.39 is 0 Å². The van der Waals surface area contributed by atoms with Crippen LogP contribution in [0.2, 0.25) is 0 Å². The topological polar surface area (TPSA) is 23.5 Å². The Morgan fingerprint density at radius 1 is 1.11 bits per heavy atom. The lowest BCUT2D eigenvalue weighted by atomic mass is 9.98. The van der Waals surface area contributed by atoms with Gasteiger partial charge in [0.2, 0.25) is 0 Å². The van der Waals surface area contributed by atoms with Gasteiger partial charge in [-0.25, -0.2) is 0 Å². The molecule has 2 fully saturated rings. The van der Waals surface area contributed by atoms with Crippen molar-refractivity contribution in [2.24, 2.45) is 5.92 Å². The SMILES string of the molecule is OC(CN1CCC(c2ccccc2)C1)C1CCCC1. The summed E-state index contributed by atoms with van der Waals surface area (Å²) >= 11 is 0. The van der Waals surface area contributed by atoms with Crippen LogP contribution < -0.4 is 0 Å². The van der Waals surface area contributed by atoms with Crippen LogP contribution in [-0.4, -0.2) is 35.7 Å². The predicted molar refractivity (Wildman–Crippen MR) is 78.2 cm³/mol. The minimum Gasteiger partial charge on any atom is -0.392 e. The summed E-state index contributed by atoms with van der Waals surface area (Å²) in [5.41, 5.74) is 1.46. The Balaban J connectivity index is 1.51. The Morgan fingerprint density at radius 3 is 2.58 bits per heavy atom. The number of β-amino-alcohol motifs (C(OH)–C–C–N with tert-alkyl or cyclic N) is 1. The van der Waals surface area contributed by atoms with E-state index >= 15 is 0 Å². The Morgan fingerprint density at radius 2 is 1.84 bits per heavy atom. The van der Waals surface area contributed by atoms with Crippen LogP contribution in [0.4, 0.5) is 0 Å². The van der Waals surface area contributed by atoms with E-state index in [0.29, 0.717) is 11.8 Å². The van der Waals surface area contributed by atoms with E-state index in [2.05, 4.69) is 35.2 Å². The highest BCUT2D eigenvalue weighted by Crippen LogP contribution is 2.31. The lowest BCUT2D eigenvalue weighted by Gasteiger charge is -2.24. The fraction of sp³-hybridized carbons (Fsp3) is 0.647. The van der Waals surface area contributed by atoms with Crippen molar-refractivity contribution in [1.82, 2.24) is 4.90 Å². The van der Waals surface area contributed by atoms with Crippen LogP contribution in [0.5, 0.6) is 0 Å². The number of nitrogens with zero attached hydrogens (tertiary/aromatic N) is 1. The van der Waals surface area contributed by atoms with Crippen LogP contribution in [0.1, 0.15) is 43.6 Å². The molecule has 2 unspecified atom stereocenters. The summed E-state index contributed by atoms with van der Waals surface area (Å²) in [4.78, 5) is 2.46. The average Bonchev–Trinajstić information content (AvgIpc) is 3.11. The molecule has 3 rings (SSSR count). The molecule has 1 N–H and O–H groups in total. The van der Waals surface area contributed by atoms with Gasteiger partial charge in [0.25, 0.3) is 0 Å². The van der Waals surface area contributed by atoms with Gasteiger partial charge in [0.05, 0.1) is 6.10 Å². The molecule has 0 spiro atoms. The van der Waals surface area contributed by atoms with Crippen LogP contribution in [0.15, 0.2) is 30.3 Å². The van der Waals surface area contributed by atoms with Crippen LogP contribution >= 0.6 is 0 Å². The fourth-order valence-electron chi connectivity index (χ4n) is 3.75. The number of likely N-dealkylation sites (tertiary alicyclic amines) is 1. The summed E-state index contributed by atoms with van der Waals surface area (Å²) in [6.45, 7) is 3.14. The molecule has 1 aromatic rings. The summed E-state index contributed by atoms with van der Waals surface area (Å²) in [7, 11) is 0. The maximum absolute atomic E-state index is 10.3. The van der Waals surface area contributed by atoms with Gasteiger partial charge in [-0.15, -0.1) is 0 Å². The summed E-state index contributed by atoms with van der Waals surface area (Å²) < 4.78 is 0. The number of rotatable bonds is 4. The molecule has 0 radical (unpaired) electrons. The molecule has 2 aliphatic rings. The van der Waals surface area contributed by atoms with Gasteiger partial charge in [-0.3, -0.25) is 0 Å². The molecule has 1 aliphatic heterocycles. The van der Waals surface area contributed by atoms with Crippen molar-refractivity contribution in [3.8, 4) is 0 Å². The summed E-state index contributed by atoms with van der Waals surface area (Å²) in [5.74, 6) is 1.23. The molecule has 1 aliphatic carbocycles. The zero-order valence-electron chi connectivity index (χ0n) is 11.7. The molecule has 0 bridgehead atoms. The molecule has 19 heavy (non-hydrogen) atoms. The van der Waals surface area contributed by atoms with Crippen molar-refractivity contribution < 1.29 is 5.11 Å². The molecule has 1 heterocycles. The number of hydrogen-bond acceptors (Lipinski definition) is 2. The zero-order chi connectivity index (χ0) is 13.1. The van der Waals surface area contributed by atoms with Gasteiger partial charge in [0.1, 0.15) is 0 Å². The molecule has 2 atom stereocenters. The minimum atomic E-state index is -0.1000. The maximum Gasteiger partial charge on any atom is 0.0695 e. The van der Waals surface area contributed by atoms with E-state index in [1.54, 1.807) is 0 Å².